The van der Waals surface area contributed by atoms with Crippen molar-refractivity contribution in [3.05, 3.63) is 11.6 Å². The lowest BCUT2D eigenvalue weighted by molar-refractivity contribution is -0.130. The molecule has 0 aromatic heterocycles. The third-order valence-electron chi connectivity index (χ3n) is 15.2. The summed E-state index contributed by atoms with van der Waals surface area (Å²) in [6.45, 7) is 21.1. The van der Waals surface area contributed by atoms with E-state index in [0.717, 1.165) is 79.5 Å². The molecule has 0 radical (unpaired) electrons. The van der Waals surface area contributed by atoms with Gasteiger partial charge in [0.15, 0.2) is 0 Å². The predicted octanol–water partition coefficient (Wildman–Crippen LogP) is 12.9. The predicted molar refractivity (Wildman–Crippen MR) is 241 cm³/mol. The van der Waals surface area contributed by atoms with Crippen molar-refractivity contribution >= 4 is 52.3 Å². The van der Waals surface area contributed by atoms with Gasteiger partial charge in [0, 0.05) is 42.6 Å². The van der Waals surface area contributed by atoms with E-state index in [2.05, 4.69) is 77.2 Å². The number of amides is 1. The molecule has 11 atom stereocenters. The van der Waals surface area contributed by atoms with Crippen molar-refractivity contribution in [2.24, 2.45) is 63.7 Å². The molecule has 3 fully saturated rings. The largest absolute Gasteiger partial charge is 0.343 e. The topological polar surface area (TPSA) is 72.3 Å². The van der Waals surface area contributed by atoms with E-state index in [-0.39, 0.29) is 30.9 Å². The molecule has 4 nitrogen and oxygen atoms in total. The molecule has 3 saturated carbocycles. The summed E-state index contributed by atoms with van der Waals surface area (Å²) in [5.41, 5.74) is 14.8. The lowest BCUT2D eigenvalue weighted by Gasteiger charge is -2.58. The van der Waals surface area contributed by atoms with Gasteiger partial charge in [-0.15, -0.1) is 24.8 Å². The maximum absolute atomic E-state index is 13.3. The lowest BCUT2D eigenvalue weighted by Crippen LogP contribution is -2.50. The molecular weight excluding hydrogens is 734 g/mol. The number of hydrogen-bond acceptors (Lipinski definition) is 5. The van der Waals surface area contributed by atoms with Crippen LogP contribution < -0.4 is 11.5 Å². The van der Waals surface area contributed by atoms with Crippen molar-refractivity contribution in [3.8, 4) is 0 Å². The summed E-state index contributed by atoms with van der Waals surface area (Å²) in [7, 11) is 4.05. The van der Waals surface area contributed by atoms with E-state index in [4.69, 9.17) is 11.5 Å². The van der Waals surface area contributed by atoms with Gasteiger partial charge in [0.1, 0.15) is 0 Å². The number of nitrogens with zero attached hydrogens (tertiary/aromatic N) is 1. The first-order valence-electron chi connectivity index (χ1n) is 22.1. The second-order valence-corrected chi connectivity index (χ2v) is 22.0. The Morgan fingerprint density at radius 2 is 1.55 bits per heavy atom. The van der Waals surface area contributed by atoms with Crippen LogP contribution in [0.4, 0.5) is 0 Å². The second kappa shape index (κ2) is 23.7. The maximum Gasteiger partial charge on any atom is 0.223 e. The van der Waals surface area contributed by atoms with E-state index < -0.39 is 0 Å². The minimum absolute atomic E-state index is 0. The van der Waals surface area contributed by atoms with Crippen molar-refractivity contribution in [1.82, 2.24) is 4.90 Å². The third kappa shape index (κ3) is 13.5. The van der Waals surface area contributed by atoms with Gasteiger partial charge >= 0.3 is 0 Å². The molecule has 0 heterocycles. The van der Waals surface area contributed by atoms with Crippen molar-refractivity contribution in [1.29, 1.82) is 0 Å². The normalized spacial score (nSPS) is 31.5. The third-order valence-corrected chi connectivity index (χ3v) is 18.1. The Morgan fingerprint density at radius 1 is 0.849 bits per heavy atom. The van der Waals surface area contributed by atoms with Gasteiger partial charge in [-0.2, -0.15) is 0 Å². The van der Waals surface area contributed by atoms with Gasteiger partial charge in [0.05, 0.1) is 0 Å². The van der Waals surface area contributed by atoms with Crippen molar-refractivity contribution in [2.45, 2.75) is 195 Å². The number of fused-ring (bicyclic) bond motifs is 5. The second-order valence-electron chi connectivity index (χ2n) is 19.2. The summed E-state index contributed by atoms with van der Waals surface area (Å²) < 4.78 is 0. The van der Waals surface area contributed by atoms with Gasteiger partial charge in [-0.25, -0.2) is 0 Å². The molecule has 4 N–H and O–H groups in total. The van der Waals surface area contributed by atoms with Crippen LogP contribution in [-0.4, -0.2) is 47.0 Å². The molecule has 53 heavy (non-hydrogen) atoms. The van der Waals surface area contributed by atoms with Gasteiger partial charge in [0.2, 0.25) is 5.91 Å². The number of unbranched alkanes of at least 4 members (excludes halogenated alkanes) is 4. The smallest absolute Gasteiger partial charge is 0.223 e. The molecule has 0 saturated heterocycles. The number of hydrogen-bond donors (Lipinski definition) is 2. The zero-order valence-electron chi connectivity index (χ0n) is 35.6. The molecule has 0 aliphatic heterocycles. The Bertz CT molecular complexity index is 1090. The fraction of sp³-hybridized carbons (Fsp3) is 0.933. The van der Waals surface area contributed by atoms with Crippen molar-refractivity contribution < 1.29 is 4.79 Å². The minimum Gasteiger partial charge on any atom is -0.343 e. The molecule has 4 rings (SSSR count). The highest BCUT2D eigenvalue weighted by Gasteiger charge is 2.59. The van der Waals surface area contributed by atoms with Gasteiger partial charge in [-0.3, -0.25) is 4.79 Å². The number of nitrogens with two attached hydrogens (primary N) is 2. The summed E-state index contributed by atoms with van der Waals surface area (Å²) in [6.07, 6.45) is 26.8. The summed E-state index contributed by atoms with van der Waals surface area (Å²) >= 11 is 0. The highest BCUT2D eigenvalue weighted by molar-refractivity contribution is 8.76. The quantitative estimate of drug-likeness (QED) is 0.0647. The van der Waals surface area contributed by atoms with Gasteiger partial charge in [-0.05, 0) is 143 Å². The molecule has 0 aromatic rings. The number of halogens is 2. The first kappa shape index (κ1) is 49.6. The maximum atomic E-state index is 13.3. The van der Waals surface area contributed by atoms with Crippen LogP contribution in [0.25, 0.3) is 0 Å². The van der Waals surface area contributed by atoms with Crippen LogP contribution in [0.15, 0.2) is 11.6 Å². The average Bonchev–Trinajstić information content (AvgIpc) is 3.44. The first-order chi connectivity index (χ1) is 24.3. The first-order valence-corrected chi connectivity index (χ1v) is 24.4. The Labute approximate surface area is 349 Å². The van der Waals surface area contributed by atoms with E-state index in [1.165, 1.54) is 96.3 Å². The van der Waals surface area contributed by atoms with Crippen LogP contribution in [-0.2, 0) is 4.79 Å². The van der Waals surface area contributed by atoms with E-state index in [9.17, 15) is 4.79 Å². The molecule has 1 amide bonds. The number of carbonyl (C=O) groups excluding carboxylic acids is 1. The molecule has 0 spiro atoms. The number of allylic oxidation sites excluding steroid dienone is 2. The van der Waals surface area contributed by atoms with Crippen LogP contribution in [0.3, 0.4) is 0 Å². The lowest BCUT2D eigenvalue weighted by atomic mass is 9.47. The summed E-state index contributed by atoms with van der Waals surface area (Å²) in [5, 5.41) is 0.695. The number of carbonyl (C=O) groups is 1. The van der Waals surface area contributed by atoms with Crippen LogP contribution >= 0.6 is 46.4 Å². The fourth-order valence-electron chi connectivity index (χ4n) is 11.8. The van der Waals surface area contributed by atoms with E-state index >= 15 is 0 Å². The SMILES string of the molecule is CCC(CCC(C)[C@H]1CC[C@H]2[C@@H]3CC=C4C[C@@H](SSCCC(=O)N(CCCCCCCC(C)N)CCC(C)N)CC[C@]4(C)[C@H]3CC[C@]12C)C(C)C.Cl.Cl. The minimum atomic E-state index is 0. The average molecular weight is 819 g/mol. The Morgan fingerprint density at radius 3 is 2.23 bits per heavy atom. The Hall–Kier alpha value is 0.410. The summed E-state index contributed by atoms with van der Waals surface area (Å²) in [4.78, 5) is 15.4. The van der Waals surface area contributed by atoms with Crippen LogP contribution in [0.1, 0.15) is 177 Å². The monoisotopic (exact) mass is 818 g/mol. The summed E-state index contributed by atoms with van der Waals surface area (Å²) in [5.74, 6) is 7.50. The molecule has 4 aliphatic carbocycles. The Balaban J connectivity index is 0.00000486. The van der Waals surface area contributed by atoms with E-state index in [0.29, 0.717) is 34.4 Å². The van der Waals surface area contributed by atoms with Crippen LogP contribution in [0, 0.1) is 52.3 Å². The Kier molecular flexibility index (Phi) is 22.2. The molecule has 4 unspecified atom stereocenters. The van der Waals surface area contributed by atoms with Gasteiger partial charge in [-0.1, -0.05) is 113 Å². The van der Waals surface area contributed by atoms with Gasteiger partial charge < -0.3 is 16.4 Å². The van der Waals surface area contributed by atoms with Crippen molar-refractivity contribution in [3.63, 3.8) is 0 Å². The van der Waals surface area contributed by atoms with Gasteiger partial charge in [0.25, 0.3) is 0 Å². The molecular formula is C45H85Cl2N3OS2. The molecule has 4 aliphatic rings. The molecule has 0 bridgehead atoms. The van der Waals surface area contributed by atoms with E-state index in [1.807, 2.05) is 10.8 Å². The van der Waals surface area contributed by atoms with Crippen molar-refractivity contribution in [2.75, 3.05) is 18.8 Å². The summed E-state index contributed by atoms with van der Waals surface area (Å²) in [6, 6.07) is 0.448. The van der Waals surface area contributed by atoms with E-state index in [1.54, 1.807) is 5.57 Å². The number of rotatable bonds is 22. The fourth-order valence-corrected chi connectivity index (χ4v) is 14.4. The zero-order valence-corrected chi connectivity index (χ0v) is 38.8. The highest BCUT2D eigenvalue weighted by atomic mass is 35.5. The molecule has 312 valence electrons. The molecule has 0 aromatic carbocycles. The molecule has 8 heteroatoms. The zero-order chi connectivity index (χ0) is 37.2. The highest BCUT2D eigenvalue weighted by Crippen LogP contribution is 2.67. The van der Waals surface area contributed by atoms with Crippen LogP contribution in [0.5, 0.6) is 0 Å². The van der Waals surface area contributed by atoms with Crippen LogP contribution in [0.2, 0.25) is 0 Å². The standard InChI is InChI=1S/C45H83N3OS2.2ClH/c1-9-36(32(2)3)17-16-33(4)40-20-21-41-39-19-18-37-31-38(22-26-44(37,7)42(39)23-27-45(40,41)8)51-50-30-25-43(49)48(29-24-35(6)47)28-14-12-10-11-13-15-34(5)46;;/h18,32-36,38-42H,9-17,19-31,46-47H2,1-8H3;2*1H/t33?,34?,35?,36?,38-,39-,40+,41-,42-,44-,45+;;/m0../s1.